The molecule has 27 heteroatoms. The van der Waals surface area contributed by atoms with E-state index >= 15 is 0 Å². The molecule has 8 N–H and O–H groups in total. The number of hydrogen-bond donors (Lipinski definition) is 8. The van der Waals surface area contributed by atoms with E-state index in [0.29, 0.717) is 23.0 Å². The Labute approximate surface area is 792 Å². The first kappa shape index (κ1) is 107. The number of ether oxygens (including phenoxy) is 9. The van der Waals surface area contributed by atoms with Crippen LogP contribution in [0.1, 0.15) is 198 Å². The molecule has 0 unspecified atom stereocenters. The van der Waals surface area contributed by atoms with Crippen molar-refractivity contribution in [2.75, 3.05) is 19.8 Å². The number of alkyl halides is 1. The number of benzene rings is 6. The van der Waals surface area contributed by atoms with Crippen molar-refractivity contribution in [1.82, 2.24) is 0 Å². The highest BCUT2D eigenvalue weighted by atomic mass is 128. The van der Waals surface area contributed by atoms with Crippen LogP contribution in [0.5, 0.6) is 0 Å². The Morgan fingerprint density at radius 3 is 0.926 bits per heavy atom. The number of hydrogen-bond acceptors (Lipinski definition) is 21. The molecule has 121 heavy (non-hydrogen) atoms. The highest BCUT2D eigenvalue weighted by molar-refractivity contribution is 15.0. The lowest BCUT2D eigenvalue weighted by Crippen LogP contribution is -2.55. The number of aliphatic hydroxyl groups is 8. The zero-order valence-corrected chi connectivity index (χ0v) is 85.6. The Kier molecular flexibility index (Phi) is 41.7. The largest absolute Gasteiger partial charge is 0.462 e. The summed E-state index contributed by atoms with van der Waals surface area (Å²) in [5, 5.41) is 79.1. The zero-order chi connectivity index (χ0) is 89.5. The normalized spacial score (nSPS) is 30.5. The second-order valence-electron chi connectivity index (χ2n) is 36.4. The Morgan fingerprint density at radius 2 is 0.603 bits per heavy atom. The van der Waals surface area contributed by atoms with Crippen molar-refractivity contribution in [2.24, 2.45) is 57.2 Å². The molecule has 0 aromatic heterocycles. The van der Waals surface area contributed by atoms with E-state index < -0.39 is 108 Å². The molecule has 0 saturated carbocycles. The third-order valence-corrected chi connectivity index (χ3v) is 25.5. The standard InChI is InChI=1S/C44H64O8.C24H30O10.C14H25BrO3.C12H8I2.I2.HI/c1-15-33-25(2)26(3)37(52-41(47)44(12,13)14)38(49-33)32-22-18-30(19-23-32)29-16-20-31(21-17-29)35-27(4)28(5)36(51-40(46)43(9,10)11)34(50-35)24-48-39(45)42(6,7)8;25-9-15-17(27)19(29)21(31)23(33-15)13-5-1-11(2-6-13)12-3-7-14(8-4-12)24-22(32)20(30)18(28)16(10-26)34-24;1-7-10-8(2)9(3)11(12(15)17-10)18-13(16)14(4,5)6;13-11-5-1-9(2-6-11)10-3-7-12(14)8-4-10;1-2;/h16-23,25-28,33-38H,15,24H2,1-14H3;1-8,15-32H,9-10H2;8-12H,7H2,1-6H3;1-8H;;1H/t25-,26-,27-,28+,33+,34+,35-,36-,37-,38+;15-,16-,17-,18-,19+,20+,21+,22+,23-,24-;8-,9-,10+,11-,12-;;;/m010.../s1. The van der Waals surface area contributed by atoms with Crippen molar-refractivity contribution in [3.63, 3.8) is 0 Å². The molecule has 0 aliphatic carbocycles. The molecule has 6 aromatic carbocycles. The smallest absolute Gasteiger partial charge is 0.311 e. The predicted molar refractivity (Wildman–Crippen MR) is 517 cm³/mol. The Balaban J connectivity index is 0.000000278. The lowest BCUT2D eigenvalue weighted by Gasteiger charge is -2.45. The molecule has 11 rings (SSSR count). The fourth-order valence-electron chi connectivity index (χ4n) is 14.9. The highest BCUT2D eigenvalue weighted by Gasteiger charge is 2.50. The van der Waals surface area contributed by atoms with Crippen LogP contribution in [0.15, 0.2) is 146 Å². The number of carbonyl (C=O) groups excluding carboxylic acids is 4. The minimum Gasteiger partial charge on any atom is -0.462 e. The molecule has 0 radical (unpaired) electrons. The second-order valence-corrected chi connectivity index (χ2v) is 39.8. The number of rotatable bonds is 16. The van der Waals surface area contributed by atoms with Gasteiger partial charge in [-0.15, -0.1) is 24.0 Å². The van der Waals surface area contributed by atoms with Crippen LogP contribution < -0.4 is 0 Å². The maximum absolute atomic E-state index is 13.0. The first-order valence-corrected chi connectivity index (χ1v) is 50.7. The number of halogens is 6. The lowest BCUT2D eigenvalue weighted by atomic mass is 9.78. The lowest BCUT2D eigenvalue weighted by molar-refractivity contribution is -0.231. The van der Waals surface area contributed by atoms with Crippen LogP contribution in [-0.2, 0) is 61.8 Å². The monoisotopic (exact) mass is 2310 g/mol. The summed E-state index contributed by atoms with van der Waals surface area (Å²) < 4.78 is 56.5. The molecule has 5 aliphatic rings. The van der Waals surface area contributed by atoms with Crippen molar-refractivity contribution in [2.45, 2.75) is 266 Å². The van der Waals surface area contributed by atoms with Gasteiger partial charge in [-0.3, -0.25) is 19.2 Å². The maximum Gasteiger partial charge on any atom is 0.311 e. The van der Waals surface area contributed by atoms with Gasteiger partial charge in [0.25, 0.3) is 0 Å². The second kappa shape index (κ2) is 47.4. The van der Waals surface area contributed by atoms with E-state index in [4.69, 9.17) is 42.6 Å². The Morgan fingerprint density at radius 1 is 0.339 bits per heavy atom. The summed E-state index contributed by atoms with van der Waals surface area (Å²) in [6, 6.07) is 47.9. The number of esters is 4. The summed E-state index contributed by atoms with van der Waals surface area (Å²) in [5.74, 6) is 0.00560. The van der Waals surface area contributed by atoms with Gasteiger partial charge in [-0.2, -0.15) is 0 Å². The van der Waals surface area contributed by atoms with E-state index in [2.05, 4.69) is 251 Å². The average molecular weight is 2310 g/mol. The minimum absolute atomic E-state index is 0. The molecule has 672 valence electrons. The van der Waals surface area contributed by atoms with Gasteiger partial charge < -0.3 is 83.5 Å². The van der Waals surface area contributed by atoms with Gasteiger partial charge in [0.05, 0.1) is 53.2 Å². The molecule has 6 aromatic rings. The van der Waals surface area contributed by atoms with E-state index in [1.54, 1.807) is 48.5 Å². The summed E-state index contributed by atoms with van der Waals surface area (Å²) in [6.07, 6.45) is -12.5. The molecular formula is C94H128BrI5O21. The van der Waals surface area contributed by atoms with Gasteiger partial charge in [0.15, 0.2) is 0 Å². The van der Waals surface area contributed by atoms with Crippen LogP contribution in [-0.4, -0.2) is 175 Å². The van der Waals surface area contributed by atoms with Crippen LogP contribution in [0.3, 0.4) is 0 Å². The summed E-state index contributed by atoms with van der Waals surface area (Å²) in [5.41, 5.74) is 7.01. The first-order valence-electron chi connectivity index (χ1n) is 41.3. The quantitative estimate of drug-likeness (QED) is 0.0193. The van der Waals surface area contributed by atoms with Crippen molar-refractivity contribution in [3.8, 4) is 33.4 Å². The molecule has 0 bridgehead atoms. The van der Waals surface area contributed by atoms with E-state index in [1.165, 1.54) is 18.3 Å². The van der Waals surface area contributed by atoms with Crippen LogP contribution in [0.2, 0.25) is 0 Å². The highest BCUT2D eigenvalue weighted by Crippen LogP contribution is 2.46. The minimum atomic E-state index is -1.45. The van der Waals surface area contributed by atoms with Crippen molar-refractivity contribution in [3.05, 3.63) is 175 Å². The molecule has 5 saturated heterocycles. The Hall–Kier alpha value is -3.19. The summed E-state index contributed by atoms with van der Waals surface area (Å²) in [4.78, 5) is 50.7. The topological polar surface area (TPSA) is 313 Å². The van der Waals surface area contributed by atoms with Gasteiger partial charge in [-0.1, -0.05) is 193 Å². The van der Waals surface area contributed by atoms with E-state index in [0.717, 1.165) is 46.2 Å². The molecule has 0 spiro atoms. The molecule has 5 aliphatic heterocycles. The van der Waals surface area contributed by atoms with Crippen LogP contribution in [0.4, 0.5) is 0 Å². The van der Waals surface area contributed by atoms with Gasteiger partial charge in [-0.05, 0) is 239 Å². The molecular weight excluding hydrogens is 2180 g/mol. The van der Waals surface area contributed by atoms with Gasteiger partial charge in [0, 0.05) is 62.1 Å². The Bertz CT molecular complexity index is 4050. The fourth-order valence-corrected chi connectivity index (χ4v) is 16.4. The SMILES string of the molecule is CC[C@H]1O[C@H](Br)[C@@H](OC(=O)C(C)(C)C)[C@@H](C)[C@@H]1C.CC[C@H]1O[C@H](c2ccc(-c3ccc([C@H]4O[C@H](COC(=O)C(C)(C)C)[C@@H](OC(=O)C(C)(C)C)[C@H](C)[C@@H]4C)cc3)cc2)[C@@H](OC(=O)C(C)(C)C)[C@@H](C)[C@@H]1C.I.II.Ic1ccc(-c2ccc(I)cc2)cc1.OC[C@H]1O[C@H](c2ccc(-c3ccc([C@H]4O[C@H](CO)[C@@H](O)[C@H](O)[C@@H]4O)cc3)cc2)[C@@H](O)[C@@H](O)[C@@H]1O. The van der Waals surface area contributed by atoms with Crippen LogP contribution >= 0.6 is 122 Å². The summed E-state index contributed by atoms with van der Waals surface area (Å²) >= 11 is 12.4. The van der Waals surface area contributed by atoms with Gasteiger partial charge in [0.1, 0.15) is 103 Å². The van der Waals surface area contributed by atoms with Crippen molar-refractivity contribution < 1.29 is 103 Å². The third-order valence-electron chi connectivity index (χ3n) is 23.4. The number of carbonyl (C=O) groups is 4. The van der Waals surface area contributed by atoms with Crippen molar-refractivity contribution in [1.29, 1.82) is 0 Å². The van der Waals surface area contributed by atoms with Gasteiger partial charge in [-0.25, -0.2) is 0 Å². The van der Waals surface area contributed by atoms with Crippen molar-refractivity contribution >= 4 is 146 Å². The maximum atomic E-state index is 13.0. The molecule has 5 fully saturated rings. The molecule has 25 atom stereocenters. The average Bonchev–Trinajstić information content (AvgIpc) is 0.784. The molecule has 5 heterocycles. The predicted octanol–water partition coefficient (Wildman–Crippen LogP) is 18.8. The number of aliphatic hydroxyl groups excluding tert-OH is 8. The van der Waals surface area contributed by atoms with Crippen LogP contribution in [0, 0.1) is 64.3 Å². The fraction of sp³-hybridized carbons (Fsp3) is 0.574. The summed E-state index contributed by atoms with van der Waals surface area (Å²) in [6.45, 7) is 38.2. The van der Waals surface area contributed by atoms with E-state index in [-0.39, 0.29) is 120 Å². The van der Waals surface area contributed by atoms with E-state index in [1.807, 2.05) is 83.1 Å². The molecule has 21 nitrogen and oxygen atoms in total. The third kappa shape index (κ3) is 28.2. The summed E-state index contributed by atoms with van der Waals surface area (Å²) in [7, 11) is 0. The first-order chi connectivity index (χ1) is 56.2. The zero-order valence-electron chi connectivity index (χ0n) is 73.0. The van der Waals surface area contributed by atoms with E-state index in [9.17, 15) is 60.0 Å². The molecule has 0 amide bonds. The van der Waals surface area contributed by atoms with Crippen LogP contribution in [0.25, 0.3) is 33.4 Å². The van der Waals surface area contributed by atoms with Gasteiger partial charge >= 0.3 is 23.9 Å². The van der Waals surface area contributed by atoms with Gasteiger partial charge in [0.2, 0.25) is 0 Å².